The van der Waals surface area contributed by atoms with E-state index in [4.69, 9.17) is 0 Å². The summed E-state index contributed by atoms with van der Waals surface area (Å²) in [4.78, 5) is 14.0. The lowest BCUT2D eigenvalue weighted by Crippen LogP contribution is -2.43. The van der Waals surface area contributed by atoms with Crippen LogP contribution in [0.1, 0.15) is 58.4 Å². The maximum Gasteiger partial charge on any atom is 0.189 e. The zero-order valence-corrected chi connectivity index (χ0v) is 17.0. The second kappa shape index (κ2) is 7.38. The third-order valence-electron chi connectivity index (χ3n) is 4.72. The van der Waals surface area contributed by atoms with Crippen molar-refractivity contribution >= 4 is 20.2 Å². The number of rotatable bonds is 3. The molecule has 1 aromatic rings. The van der Waals surface area contributed by atoms with Gasteiger partial charge in [0.25, 0.3) is 0 Å². The molecular weight excluding hydrogens is 328 g/mol. The average Bonchev–Trinajstić information content (AvgIpc) is 2.54. The molecule has 1 aliphatic rings. The molecule has 0 bridgehead atoms. The van der Waals surface area contributed by atoms with Crippen LogP contribution >= 0.6 is 0 Å². The Morgan fingerprint density at radius 1 is 1.04 bits per heavy atom. The Hall–Kier alpha value is -1.53. The normalized spacial score (nSPS) is 17.3. The maximum absolute atomic E-state index is 13.7. The van der Waals surface area contributed by atoms with Gasteiger partial charge in [0.2, 0.25) is 0 Å². The number of carbonyl (C=O) groups is 1. The highest BCUT2D eigenvalue weighted by atomic mass is 32.2. The van der Waals surface area contributed by atoms with Crippen molar-refractivity contribution in [2.24, 2.45) is 5.41 Å². The van der Waals surface area contributed by atoms with Crippen LogP contribution in [-0.2, 0) is 19.7 Å². The predicted octanol–water partition coefficient (Wildman–Crippen LogP) is 4.22. The summed E-state index contributed by atoms with van der Waals surface area (Å²) in [5.74, 6) is 6.14. The van der Waals surface area contributed by atoms with E-state index < -0.39 is 14.9 Å². The summed E-state index contributed by atoms with van der Waals surface area (Å²) in [7, 11) is -2.44. The van der Waals surface area contributed by atoms with Gasteiger partial charge < -0.3 is 0 Å². The fraction of sp³-hybridized carbons (Fsp3) is 0.545. The molecule has 2 nitrogen and oxygen atoms in total. The van der Waals surface area contributed by atoms with Crippen LogP contribution in [0.2, 0.25) is 0 Å². The molecule has 0 atom stereocenters. The fourth-order valence-electron chi connectivity index (χ4n) is 3.42. The van der Waals surface area contributed by atoms with E-state index in [9.17, 15) is 9.00 Å². The van der Waals surface area contributed by atoms with E-state index in [2.05, 4.69) is 11.8 Å². The Labute approximate surface area is 153 Å². The largest absolute Gasteiger partial charge is 0.292 e. The molecule has 0 spiro atoms. The lowest BCUT2D eigenvalue weighted by atomic mass is 9.66. The number of benzene rings is 1. The number of Topliss-reactive ketones (excluding diaryl/α,β-unsaturated/α-hetero) is 1. The molecule has 0 aromatic heterocycles. The zero-order chi connectivity index (χ0) is 18.7. The lowest BCUT2D eigenvalue weighted by Gasteiger charge is -2.36. The Bertz CT molecular complexity index is 793. The Morgan fingerprint density at radius 3 is 2.08 bits per heavy atom. The van der Waals surface area contributed by atoms with Gasteiger partial charge in [-0.25, -0.2) is 0 Å². The Balaban J connectivity index is 2.62. The van der Waals surface area contributed by atoms with Crippen molar-refractivity contribution in [2.75, 3.05) is 12.5 Å². The highest BCUT2D eigenvalue weighted by molar-refractivity contribution is 8.02. The third kappa shape index (κ3) is 4.76. The third-order valence-corrected chi connectivity index (χ3v) is 5.99. The Kier molecular flexibility index (Phi) is 5.84. The summed E-state index contributed by atoms with van der Waals surface area (Å²) < 4.78 is 12.9. The van der Waals surface area contributed by atoms with E-state index in [0.29, 0.717) is 4.86 Å². The van der Waals surface area contributed by atoms with Crippen LogP contribution in [-0.4, -0.2) is 27.4 Å². The van der Waals surface area contributed by atoms with E-state index in [-0.39, 0.29) is 11.2 Å². The van der Waals surface area contributed by atoms with Crippen LogP contribution in [0.15, 0.2) is 30.3 Å². The van der Waals surface area contributed by atoms with Crippen LogP contribution < -0.4 is 0 Å². The molecule has 2 rings (SSSR count). The minimum atomic E-state index is -2.44. The van der Waals surface area contributed by atoms with Crippen LogP contribution in [0.3, 0.4) is 0 Å². The molecule has 0 saturated heterocycles. The van der Waals surface area contributed by atoms with Crippen molar-refractivity contribution in [1.29, 1.82) is 0 Å². The standard InChI is InChI=1S/C22H30O2S/c1-21(2,3)17-14-19(25(4,5)24)20(23)22(15-10-7-11-16-22)18-12-8-6-9-13-18/h6,8-9,12-13H,7,10-11,15-16H2,1-5H3. The molecule has 0 heterocycles. The maximum atomic E-state index is 13.7. The molecular formula is C22H30O2S. The molecule has 0 amide bonds. The molecule has 0 aliphatic heterocycles. The van der Waals surface area contributed by atoms with Gasteiger partial charge in [0, 0.05) is 17.9 Å². The fourth-order valence-corrected chi connectivity index (χ4v) is 4.36. The van der Waals surface area contributed by atoms with E-state index in [1.807, 2.05) is 51.1 Å². The molecule has 0 radical (unpaired) electrons. The van der Waals surface area contributed by atoms with Crippen molar-refractivity contribution in [3.8, 4) is 11.8 Å². The molecule has 25 heavy (non-hydrogen) atoms. The van der Waals surface area contributed by atoms with Crippen molar-refractivity contribution < 1.29 is 9.00 Å². The van der Waals surface area contributed by atoms with Crippen molar-refractivity contribution in [2.45, 2.75) is 58.3 Å². The summed E-state index contributed by atoms with van der Waals surface area (Å²) in [6, 6.07) is 10.00. The summed E-state index contributed by atoms with van der Waals surface area (Å²) in [6.45, 7) is 6.01. The van der Waals surface area contributed by atoms with Gasteiger partial charge in [-0.2, -0.15) is 0 Å². The van der Waals surface area contributed by atoms with Gasteiger partial charge >= 0.3 is 0 Å². The van der Waals surface area contributed by atoms with Gasteiger partial charge in [0.05, 0.1) is 5.41 Å². The van der Waals surface area contributed by atoms with Crippen molar-refractivity contribution in [3.63, 3.8) is 0 Å². The van der Waals surface area contributed by atoms with E-state index in [1.165, 1.54) is 0 Å². The van der Waals surface area contributed by atoms with Gasteiger partial charge in [0.15, 0.2) is 5.78 Å². The van der Waals surface area contributed by atoms with Crippen LogP contribution in [0, 0.1) is 17.3 Å². The first-order valence-electron chi connectivity index (χ1n) is 9.01. The monoisotopic (exact) mass is 358 g/mol. The van der Waals surface area contributed by atoms with E-state index in [0.717, 1.165) is 37.7 Å². The molecule has 0 unspecified atom stereocenters. The highest BCUT2D eigenvalue weighted by Gasteiger charge is 2.43. The van der Waals surface area contributed by atoms with Gasteiger partial charge in [0.1, 0.15) is 4.86 Å². The highest BCUT2D eigenvalue weighted by Crippen LogP contribution is 2.40. The first-order chi connectivity index (χ1) is 11.6. The van der Waals surface area contributed by atoms with Crippen LogP contribution in [0.25, 0.3) is 0 Å². The summed E-state index contributed by atoms with van der Waals surface area (Å²) in [5.41, 5.74) is 0.233. The Morgan fingerprint density at radius 2 is 1.60 bits per heavy atom. The van der Waals surface area contributed by atoms with Gasteiger partial charge in [-0.05, 0) is 48.7 Å². The minimum absolute atomic E-state index is 0.0230. The number of ketones is 1. The van der Waals surface area contributed by atoms with Gasteiger partial charge in [-0.15, -0.1) is 0 Å². The van der Waals surface area contributed by atoms with Crippen LogP contribution in [0.4, 0.5) is 0 Å². The smallest absolute Gasteiger partial charge is 0.189 e. The SMILES string of the molecule is CC(C)(C)C#CC(C(=O)C1(c2ccccc2)CCCCC1)=S(C)(C)=O. The quantitative estimate of drug-likeness (QED) is 0.599. The molecule has 1 aromatic carbocycles. The topological polar surface area (TPSA) is 34.1 Å². The molecule has 1 fully saturated rings. The second-order valence-corrected chi connectivity index (χ2v) is 11.3. The first-order valence-corrected chi connectivity index (χ1v) is 11.4. The summed E-state index contributed by atoms with van der Waals surface area (Å²) in [5, 5.41) is 0. The predicted molar refractivity (Wildman–Crippen MR) is 108 cm³/mol. The zero-order valence-electron chi connectivity index (χ0n) is 16.1. The molecule has 1 aliphatic carbocycles. The number of hydrogen-bond acceptors (Lipinski definition) is 2. The molecule has 1 saturated carbocycles. The number of carbonyl (C=O) groups excluding carboxylic acids is 1. The van der Waals surface area contributed by atoms with Crippen molar-refractivity contribution in [3.05, 3.63) is 35.9 Å². The summed E-state index contributed by atoms with van der Waals surface area (Å²) >= 11 is 0. The molecule has 136 valence electrons. The van der Waals surface area contributed by atoms with Gasteiger partial charge in [-0.1, -0.05) is 61.4 Å². The first kappa shape index (κ1) is 19.8. The molecule has 3 heteroatoms. The van der Waals surface area contributed by atoms with E-state index in [1.54, 1.807) is 12.5 Å². The average molecular weight is 359 g/mol. The summed E-state index contributed by atoms with van der Waals surface area (Å²) in [6.07, 6.45) is 8.10. The molecule has 0 N–H and O–H groups in total. The van der Waals surface area contributed by atoms with Crippen LogP contribution in [0.5, 0.6) is 0 Å². The van der Waals surface area contributed by atoms with Gasteiger partial charge in [-0.3, -0.25) is 9.00 Å². The second-order valence-electron chi connectivity index (χ2n) is 8.40. The minimum Gasteiger partial charge on any atom is -0.292 e. The number of hydrogen-bond donors (Lipinski definition) is 0. The van der Waals surface area contributed by atoms with Crippen molar-refractivity contribution in [1.82, 2.24) is 0 Å². The van der Waals surface area contributed by atoms with E-state index >= 15 is 0 Å². The lowest BCUT2D eigenvalue weighted by molar-refractivity contribution is -0.118.